The minimum atomic E-state index is -0.483. The van der Waals surface area contributed by atoms with E-state index in [0.717, 1.165) is 0 Å². The minimum Gasteiger partial charge on any atom is -0.497 e. The molecule has 2 rings (SSSR count). The van der Waals surface area contributed by atoms with Gasteiger partial charge in [0, 0.05) is 11.8 Å². The third-order valence-corrected chi connectivity index (χ3v) is 2.77. The molecular weight excluding hydrogens is 255 g/mol. The fourth-order valence-electron chi connectivity index (χ4n) is 1.50. The highest BCUT2D eigenvalue weighted by Gasteiger charge is 2.04. The molecule has 0 spiro atoms. The van der Waals surface area contributed by atoms with Crippen molar-refractivity contribution in [1.29, 1.82) is 0 Å². The van der Waals surface area contributed by atoms with E-state index in [1.165, 1.54) is 12.1 Å². The van der Waals surface area contributed by atoms with Crippen LogP contribution in [0.15, 0.2) is 36.4 Å². The fourth-order valence-corrected chi connectivity index (χ4v) is 1.62. The average Bonchev–Trinajstić information content (AvgIpc) is 2.36. The first-order valence-electron chi connectivity index (χ1n) is 5.26. The molecule has 3 nitrogen and oxygen atoms in total. The van der Waals surface area contributed by atoms with Crippen molar-refractivity contribution in [3.63, 3.8) is 0 Å². The molecule has 0 aliphatic rings. The summed E-state index contributed by atoms with van der Waals surface area (Å²) in [6.07, 6.45) is 0. The highest BCUT2D eigenvalue weighted by molar-refractivity contribution is 6.30. The molecule has 0 heterocycles. The normalized spacial score (nSPS) is 10.2. The molecule has 3 N–H and O–H groups in total. The van der Waals surface area contributed by atoms with E-state index in [1.54, 1.807) is 31.4 Å². The Labute approximate surface area is 109 Å². The van der Waals surface area contributed by atoms with E-state index in [2.05, 4.69) is 5.32 Å². The SMILES string of the molecule is COc1ccc(N)c(Nc2ccc(Cl)c(F)c2)c1. The molecule has 0 atom stereocenters. The van der Waals surface area contributed by atoms with Crippen LogP contribution in [0.3, 0.4) is 0 Å². The van der Waals surface area contributed by atoms with Crippen LogP contribution in [0.4, 0.5) is 21.5 Å². The molecule has 0 aliphatic heterocycles. The third kappa shape index (κ3) is 2.65. The molecule has 0 bridgehead atoms. The van der Waals surface area contributed by atoms with Crippen LogP contribution in [0.5, 0.6) is 5.75 Å². The molecule has 2 aromatic carbocycles. The molecule has 0 aliphatic carbocycles. The Bertz CT molecular complexity index is 575. The number of halogens is 2. The topological polar surface area (TPSA) is 47.3 Å². The van der Waals surface area contributed by atoms with Crippen LogP contribution >= 0.6 is 11.6 Å². The molecule has 0 saturated heterocycles. The number of hydrogen-bond donors (Lipinski definition) is 2. The summed E-state index contributed by atoms with van der Waals surface area (Å²) in [4.78, 5) is 0. The number of methoxy groups -OCH3 is 1. The van der Waals surface area contributed by atoms with Crippen molar-refractivity contribution >= 4 is 28.7 Å². The summed E-state index contributed by atoms with van der Waals surface area (Å²) in [5, 5.41) is 3.09. The van der Waals surface area contributed by atoms with Crippen molar-refractivity contribution in [2.75, 3.05) is 18.2 Å². The smallest absolute Gasteiger partial charge is 0.143 e. The zero-order valence-corrected chi connectivity index (χ0v) is 10.5. The number of benzene rings is 2. The standard InChI is InChI=1S/C13H12ClFN2O/c1-18-9-3-5-12(16)13(7-9)17-8-2-4-10(14)11(15)6-8/h2-7,17H,16H2,1H3. The molecule has 94 valence electrons. The zero-order chi connectivity index (χ0) is 13.1. The van der Waals surface area contributed by atoms with Crippen LogP contribution in [0.25, 0.3) is 0 Å². The summed E-state index contributed by atoms with van der Waals surface area (Å²) in [5.74, 6) is 0.185. The monoisotopic (exact) mass is 266 g/mol. The van der Waals surface area contributed by atoms with Gasteiger partial charge >= 0.3 is 0 Å². The van der Waals surface area contributed by atoms with E-state index >= 15 is 0 Å². The summed E-state index contributed by atoms with van der Waals surface area (Å²) >= 11 is 5.62. The summed E-state index contributed by atoms with van der Waals surface area (Å²) < 4.78 is 18.4. The van der Waals surface area contributed by atoms with Gasteiger partial charge in [0.15, 0.2) is 0 Å². The number of rotatable bonds is 3. The number of anilines is 3. The summed E-state index contributed by atoms with van der Waals surface area (Å²) in [6.45, 7) is 0. The number of hydrogen-bond acceptors (Lipinski definition) is 3. The number of nitrogen functional groups attached to an aromatic ring is 1. The van der Waals surface area contributed by atoms with Crippen molar-refractivity contribution in [2.45, 2.75) is 0 Å². The molecule has 0 aromatic heterocycles. The van der Waals surface area contributed by atoms with Crippen molar-refractivity contribution in [3.05, 3.63) is 47.2 Å². The van der Waals surface area contributed by atoms with E-state index < -0.39 is 5.82 Å². The number of ether oxygens (including phenoxy) is 1. The van der Waals surface area contributed by atoms with Crippen molar-refractivity contribution < 1.29 is 9.13 Å². The van der Waals surface area contributed by atoms with E-state index in [0.29, 0.717) is 22.8 Å². The second kappa shape index (κ2) is 5.14. The molecule has 18 heavy (non-hydrogen) atoms. The van der Waals surface area contributed by atoms with Gasteiger partial charge in [0.1, 0.15) is 11.6 Å². The predicted octanol–water partition coefficient (Wildman–Crippen LogP) is 3.81. The maximum Gasteiger partial charge on any atom is 0.143 e. The van der Waals surface area contributed by atoms with Crippen molar-refractivity contribution in [1.82, 2.24) is 0 Å². The third-order valence-electron chi connectivity index (χ3n) is 2.46. The minimum absolute atomic E-state index is 0.0826. The van der Waals surface area contributed by atoms with Crippen molar-refractivity contribution in [3.8, 4) is 5.75 Å². The molecule has 2 aromatic rings. The van der Waals surface area contributed by atoms with Crippen LogP contribution in [-0.4, -0.2) is 7.11 Å². The molecule has 0 radical (unpaired) electrons. The van der Waals surface area contributed by atoms with Crippen LogP contribution in [0, 0.1) is 5.82 Å². The Balaban J connectivity index is 2.30. The van der Waals surface area contributed by atoms with Crippen LogP contribution in [-0.2, 0) is 0 Å². The Kier molecular flexibility index (Phi) is 3.58. The van der Waals surface area contributed by atoms with Gasteiger partial charge in [0.25, 0.3) is 0 Å². The number of nitrogens with two attached hydrogens (primary N) is 1. The highest BCUT2D eigenvalue weighted by atomic mass is 35.5. The van der Waals surface area contributed by atoms with Gasteiger partial charge < -0.3 is 15.8 Å². The van der Waals surface area contributed by atoms with Gasteiger partial charge in [0.2, 0.25) is 0 Å². The summed E-state index contributed by atoms with van der Waals surface area (Å²) in [5.41, 5.74) is 7.59. The first-order chi connectivity index (χ1) is 8.60. The first kappa shape index (κ1) is 12.5. The van der Waals surface area contributed by atoms with Gasteiger partial charge in [-0.15, -0.1) is 0 Å². The average molecular weight is 267 g/mol. The van der Waals surface area contributed by atoms with Gasteiger partial charge in [-0.05, 0) is 30.3 Å². The van der Waals surface area contributed by atoms with E-state index in [1.807, 2.05) is 0 Å². The molecule has 0 saturated carbocycles. The lowest BCUT2D eigenvalue weighted by Crippen LogP contribution is -1.97. The second-order valence-electron chi connectivity index (χ2n) is 3.71. The zero-order valence-electron chi connectivity index (χ0n) is 9.71. The Morgan fingerprint density at radius 1 is 1.22 bits per heavy atom. The second-order valence-corrected chi connectivity index (χ2v) is 4.11. The molecule has 0 fully saturated rings. The van der Waals surface area contributed by atoms with E-state index in [-0.39, 0.29) is 5.02 Å². The van der Waals surface area contributed by atoms with Crippen LogP contribution in [0.1, 0.15) is 0 Å². The summed E-state index contributed by atoms with van der Waals surface area (Å²) in [7, 11) is 1.57. The maximum atomic E-state index is 13.3. The molecular formula is C13H12ClFN2O. The summed E-state index contributed by atoms with van der Waals surface area (Å²) in [6, 6.07) is 9.67. The Hall–Kier alpha value is -1.94. The number of nitrogens with one attached hydrogen (secondary N) is 1. The van der Waals surface area contributed by atoms with Gasteiger partial charge in [-0.25, -0.2) is 4.39 Å². The van der Waals surface area contributed by atoms with Gasteiger partial charge in [-0.2, -0.15) is 0 Å². The predicted molar refractivity (Wildman–Crippen MR) is 72.1 cm³/mol. The maximum absolute atomic E-state index is 13.3. The largest absolute Gasteiger partial charge is 0.497 e. The van der Waals surface area contributed by atoms with Gasteiger partial charge in [0.05, 0.1) is 23.5 Å². The van der Waals surface area contributed by atoms with E-state index in [9.17, 15) is 4.39 Å². The molecule has 0 amide bonds. The Morgan fingerprint density at radius 2 is 2.00 bits per heavy atom. The lowest BCUT2D eigenvalue weighted by atomic mass is 10.2. The van der Waals surface area contributed by atoms with Gasteiger partial charge in [-0.1, -0.05) is 11.6 Å². The van der Waals surface area contributed by atoms with Crippen LogP contribution < -0.4 is 15.8 Å². The molecule has 5 heteroatoms. The fraction of sp³-hybridized carbons (Fsp3) is 0.0769. The van der Waals surface area contributed by atoms with Crippen molar-refractivity contribution in [2.24, 2.45) is 0 Å². The first-order valence-corrected chi connectivity index (χ1v) is 5.63. The molecule has 0 unspecified atom stereocenters. The lowest BCUT2D eigenvalue weighted by Gasteiger charge is -2.11. The lowest BCUT2D eigenvalue weighted by molar-refractivity contribution is 0.415. The quantitative estimate of drug-likeness (QED) is 0.831. The van der Waals surface area contributed by atoms with Crippen LogP contribution in [0.2, 0.25) is 5.02 Å². The Morgan fingerprint density at radius 3 is 2.67 bits per heavy atom. The van der Waals surface area contributed by atoms with Gasteiger partial charge in [-0.3, -0.25) is 0 Å². The van der Waals surface area contributed by atoms with E-state index in [4.69, 9.17) is 22.1 Å². The highest BCUT2D eigenvalue weighted by Crippen LogP contribution is 2.28.